The highest BCUT2D eigenvalue weighted by Crippen LogP contribution is 2.23. The van der Waals surface area contributed by atoms with Gasteiger partial charge in [0.25, 0.3) is 10.0 Å². The molecule has 2 aromatic carbocycles. The van der Waals surface area contributed by atoms with E-state index in [9.17, 15) is 18.8 Å². The van der Waals surface area contributed by atoms with E-state index < -0.39 is 27.6 Å². The number of nitrogens with one attached hydrogen (secondary N) is 1. The van der Waals surface area contributed by atoms with Crippen molar-refractivity contribution in [3.8, 4) is 6.07 Å². The highest BCUT2D eigenvalue weighted by molar-refractivity contribution is 7.93. The van der Waals surface area contributed by atoms with Gasteiger partial charge in [0.1, 0.15) is 6.07 Å². The molecule has 138 valence electrons. The summed E-state index contributed by atoms with van der Waals surface area (Å²) in [6.07, 6.45) is 0.0451. The van der Waals surface area contributed by atoms with E-state index in [1.165, 1.54) is 6.08 Å². The number of aliphatic hydroxyl groups is 2. The van der Waals surface area contributed by atoms with E-state index in [2.05, 4.69) is 4.72 Å². The molecule has 1 unspecified atom stereocenters. The van der Waals surface area contributed by atoms with Gasteiger partial charge >= 0.3 is 0 Å². The lowest BCUT2D eigenvalue weighted by Crippen LogP contribution is -2.34. The maximum Gasteiger partial charge on any atom is 0.250 e. The first-order chi connectivity index (χ1) is 12.3. The number of aliphatic hydroxyl groups excluding tert-OH is 2. The lowest BCUT2D eigenvalue weighted by atomic mass is 10.1. The van der Waals surface area contributed by atoms with Crippen molar-refractivity contribution in [2.75, 3.05) is 32.1 Å². The molecule has 0 amide bonds. The van der Waals surface area contributed by atoms with Crippen molar-refractivity contribution in [2.45, 2.75) is 6.10 Å². The molecule has 2 rings (SSSR count). The van der Waals surface area contributed by atoms with Crippen molar-refractivity contribution in [1.29, 1.82) is 5.26 Å². The van der Waals surface area contributed by atoms with Gasteiger partial charge in [0.2, 0.25) is 0 Å². The van der Waals surface area contributed by atoms with Crippen LogP contribution in [0.25, 0.3) is 16.8 Å². The quantitative estimate of drug-likeness (QED) is 0.623. The van der Waals surface area contributed by atoms with Crippen LogP contribution in [-0.2, 0) is 10.0 Å². The molecule has 0 saturated carbocycles. The van der Waals surface area contributed by atoms with Crippen LogP contribution in [0.4, 0.5) is 5.69 Å². The third kappa shape index (κ3) is 4.80. The van der Waals surface area contributed by atoms with E-state index >= 15 is 0 Å². The lowest BCUT2D eigenvalue weighted by Gasteiger charge is -2.13. The first-order valence-corrected chi connectivity index (χ1v) is 9.36. The highest BCUT2D eigenvalue weighted by atomic mass is 32.2. The van der Waals surface area contributed by atoms with E-state index in [0.29, 0.717) is 5.56 Å². The number of nitriles is 1. The Labute approximate surface area is 152 Å². The van der Waals surface area contributed by atoms with E-state index in [1.54, 1.807) is 18.2 Å². The standard InChI is InChI=1S/C18H21N3O4S/c1-21(2)16-6-5-14-7-13(3-4-15(14)9-16)8-18(10-19)26(24,25)20-11-17(23)12-22/h3-9,17,20,22-23H,11-12H2,1-2H3/b18-8+. The number of nitrogens with zero attached hydrogens (tertiary/aromatic N) is 2. The maximum absolute atomic E-state index is 12.2. The zero-order valence-electron chi connectivity index (χ0n) is 14.5. The highest BCUT2D eigenvalue weighted by Gasteiger charge is 2.18. The predicted molar refractivity (Wildman–Crippen MR) is 102 cm³/mol. The van der Waals surface area contributed by atoms with Crippen LogP contribution in [0.5, 0.6) is 0 Å². The average molecular weight is 375 g/mol. The number of sulfonamides is 1. The van der Waals surface area contributed by atoms with Gasteiger partial charge in [-0.2, -0.15) is 5.26 Å². The smallest absolute Gasteiger partial charge is 0.250 e. The number of allylic oxidation sites excluding steroid dienone is 1. The number of fused-ring (bicyclic) bond motifs is 1. The molecule has 0 radical (unpaired) electrons. The van der Waals surface area contributed by atoms with Gasteiger partial charge in [-0.25, -0.2) is 13.1 Å². The van der Waals surface area contributed by atoms with Crippen molar-refractivity contribution >= 4 is 32.6 Å². The van der Waals surface area contributed by atoms with E-state index in [-0.39, 0.29) is 6.54 Å². The number of hydrogen-bond donors (Lipinski definition) is 3. The molecule has 3 N–H and O–H groups in total. The second-order valence-electron chi connectivity index (χ2n) is 5.99. The fourth-order valence-corrected chi connectivity index (χ4v) is 3.27. The largest absolute Gasteiger partial charge is 0.394 e. The molecular formula is C18H21N3O4S. The van der Waals surface area contributed by atoms with Gasteiger partial charge in [0.05, 0.1) is 12.7 Å². The summed E-state index contributed by atoms with van der Waals surface area (Å²) in [5, 5.41) is 29.1. The van der Waals surface area contributed by atoms with Crippen LogP contribution in [0.3, 0.4) is 0 Å². The molecule has 0 aliphatic rings. The molecule has 0 heterocycles. The topological polar surface area (TPSA) is 114 Å². The van der Waals surface area contributed by atoms with Crippen LogP contribution < -0.4 is 9.62 Å². The van der Waals surface area contributed by atoms with Crippen molar-refractivity contribution < 1.29 is 18.6 Å². The number of benzene rings is 2. The van der Waals surface area contributed by atoms with Gasteiger partial charge in [-0.1, -0.05) is 18.2 Å². The number of hydrogen-bond acceptors (Lipinski definition) is 6. The molecule has 0 aromatic heterocycles. The first-order valence-electron chi connectivity index (χ1n) is 7.88. The van der Waals surface area contributed by atoms with Crippen molar-refractivity contribution in [3.63, 3.8) is 0 Å². The molecule has 1 atom stereocenters. The Bertz CT molecular complexity index is 962. The molecule has 0 saturated heterocycles. The fourth-order valence-electron chi connectivity index (χ4n) is 2.29. The van der Waals surface area contributed by atoms with Gasteiger partial charge in [-0.3, -0.25) is 0 Å². The van der Waals surface area contributed by atoms with E-state index in [1.807, 2.05) is 43.3 Å². The lowest BCUT2D eigenvalue weighted by molar-refractivity contribution is 0.0989. The van der Waals surface area contributed by atoms with Gasteiger partial charge in [0, 0.05) is 26.3 Å². The molecule has 0 fully saturated rings. The van der Waals surface area contributed by atoms with Crippen LogP contribution in [0, 0.1) is 11.3 Å². The summed E-state index contributed by atoms with van der Waals surface area (Å²) >= 11 is 0. The molecule has 0 bridgehead atoms. The molecule has 26 heavy (non-hydrogen) atoms. The second kappa shape index (κ2) is 8.29. The van der Waals surface area contributed by atoms with E-state index in [0.717, 1.165) is 16.5 Å². The Hall–Kier alpha value is -2.44. The van der Waals surface area contributed by atoms with Crippen LogP contribution >= 0.6 is 0 Å². The average Bonchev–Trinajstić information content (AvgIpc) is 2.63. The Morgan fingerprint density at radius 3 is 2.54 bits per heavy atom. The molecule has 0 aliphatic carbocycles. The Morgan fingerprint density at radius 1 is 1.27 bits per heavy atom. The zero-order valence-corrected chi connectivity index (χ0v) is 15.4. The molecule has 0 spiro atoms. The zero-order chi connectivity index (χ0) is 19.3. The minimum atomic E-state index is -4.07. The summed E-state index contributed by atoms with van der Waals surface area (Å²) in [4.78, 5) is 1.52. The summed E-state index contributed by atoms with van der Waals surface area (Å²) in [7, 11) is -0.180. The fraction of sp³-hybridized carbons (Fsp3) is 0.278. The summed E-state index contributed by atoms with van der Waals surface area (Å²) in [6, 6.07) is 13.0. The molecule has 7 nitrogen and oxygen atoms in total. The molecular weight excluding hydrogens is 354 g/mol. The van der Waals surface area contributed by atoms with Crippen LogP contribution in [-0.4, -0.2) is 52.0 Å². The second-order valence-corrected chi connectivity index (χ2v) is 7.73. The van der Waals surface area contributed by atoms with E-state index in [4.69, 9.17) is 5.11 Å². The summed E-state index contributed by atoms with van der Waals surface area (Å²) in [5.74, 6) is 0. The minimum Gasteiger partial charge on any atom is -0.394 e. The van der Waals surface area contributed by atoms with Crippen LogP contribution in [0.15, 0.2) is 41.3 Å². The molecule has 2 aromatic rings. The molecule has 0 aliphatic heterocycles. The van der Waals surface area contributed by atoms with Gasteiger partial charge in [-0.15, -0.1) is 0 Å². The minimum absolute atomic E-state index is 0.372. The molecule has 8 heteroatoms. The van der Waals surface area contributed by atoms with Crippen molar-refractivity contribution in [3.05, 3.63) is 46.9 Å². The number of anilines is 1. The summed E-state index contributed by atoms with van der Waals surface area (Å²) in [6.45, 7) is -0.948. The monoisotopic (exact) mass is 375 g/mol. The maximum atomic E-state index is 12.2. The van der Waals surface area contributed by atoms with Gasteiger partial charge in [-0.05, 0) is 40.6 Å². The van der Waals surface area contributed by atoms with Gasteiger partial charge in [0.15, 0.2) is 4.91 Å². The third-order valence-electron chi connectivity index (χ3n) is 3.78. The van der Waals surface area contributed by atoms with Crippen LogP contribution in [0.1, 0.15) is 5.56 Å². The first kappa shape index (κ1) is 19.9. The summed E-state index contributed by atoms with van der Waals surface area (Å²) in [5.41, 5.74) is 1.62. The third-order valence-corrected chi connectivity index (χ3v) is 5.12. The number of rotatable bonds is 7. The Balaban J connectivity index is 2.33. The normalized spacial score (nSPS) is 13.4. The van der Waals surface area contributed by atoms with Crippen molar-refractivity contribution in [2.24, 2.45) is 0 Å². The van der Waals surface area contributed by atoms with Crippen LogP contribution in [0.2, 0.25) is 0 Å². The Kier molecular flexibility index (Phi) is 6.34. The van der Waals surface area contributed by atoms with Gasteiger partial charge < -0.3 is 15.1 Å². The SMILES string of the molecule is CN(C)c1ccc2cc(/C=C(\C#N)S(=O)(=O)NCC(O)CO)ccc2c1. The predicted octanol–water partition coefficient (Wildman–Crippen LogP) is 1.04. The summed E-state index contributed by atoms with van der Waals surface area (Å²) < 4.78 is 26.4. The Morgan fingerprint density at radius 2 is 1.92 bits per heavy atom. The van der Waals surface area contributed by atoms with Crippen molar-refractivity contribution in [1.82, 2.24) is 4.72 Å².